The van der Waals surface area contributed by atoms with E-state index in [0.717, 1.165) is 35.7 Å². The molecule has 0 saturated carbocycles. The monoisotopic (exact) mass is 302 g/mol. The van der Waals surface area contributed by atoms with Gasteiger partial charge in [-0.2, -0.15) is 0 Å². The van der Waals surface area contributed by atoms with Gasteiger partial charge in [-0.3, -0.25) is 0 Å². The second-order valence-corrected chi connectivity index (χ2v) is 5.45. The van der Waals surface area contributed by atoms with E-state index in [1.165, 1.54) is 25.7 Å². The first kappa shape index (κ1) is 16.5. The topological polar surface area (TPSA) is 66.0 Å². The zero-order valence-electron chi connectivity index (χ0n) is 13.6. The van der Waals surface area contributed by atoms with Crippen LogP contribution in [-0.2, 0) is 13.1 Å². The summed E-state index contributed by atoms with van der Waals surface area (Å²) >= 11 is 0. The van der Waals surface area contributed by atoms with Gasteiger partial charge in [0.15, 0.2) is 0 Å². The summed E-state index contributed by atoms with van der Waals surface area (Å²) in [6.07, 6.45) is 6.20. The molecule has 2 aromatic rings. The van der Waals surface area contributed by atoms with E-state index in [1.807, 2.05) is 28.9 Å². The van der Waals surface area contributed by atoms with Crippen molar-refractivity contribution in [1.82, 2.24) is 15.0 Å². The summed E-state index contributed by atoms with van der Waals surface area (Å²) in [6, 6.07) is 7.97. The Morgan fingerprint density at radius 3 is 2.45 bits per heavy atom. The molecule has 0 bridgehead atoms. The standard InChI is InChI=1S/C17H26N4O/c1-3-4-5-6-7-12-21-17(16(13-18)19-20-21)14-8-10-15(22-2)11-9-14/h8-11H,3-7,12-13,18H2,1-2H3. The molecule has 0 radical (unpaired) electrons. The Hall–Kier alpha value is -1.88. The van der Waals surface area contributed by atoms with Crippen LogP contribution in [0.5, 0.6) is 5.75 Å². The van der Waals surface area contributed by atoms with Crippen molar-refractivity contribution in [2.45, 2.75) is 52.1 Å². The molecule has 0 aliphatic heterocycles. The van der Waals surface area contributed by atoms with Gasteiger partial charge in [0.25, 0.3) is 0 Å². The summed E-state index contributed by atoms with van der Waals surface area (Å²) in [5.74, 6) is 0.844. The van der Waals surface area contributed by atoms with Crippen molar-refractivity contribution in [3.05, 3.63) is 30.0 Å². The Morgan fingerprint density at radius 2 is 1.82 bits per heavy atom. The molecular formula is C17H26N4O. The highest BCUT2D eigenvalue weighted by Crippen LogP contribution is 2.25. The summed E-state index contributed by atoms with van der Waals surface area (Å²) in [5, 5.41) is 8.50. The fraction of sp³-hybridized carbons (Fsp3) is 0.529. The minimum atomic E-state index is 0.400. The van der Waals surface area contributed by atoms with Crippen LogP contribution in [0, 0.1) is 0 Å². The maximum Gasteiger partial charge on any atom is 0.118 e. The second kappa shape index (κ2) is 8.54. The lowest BCUT2D eigenvalue weighted by atomic mass is 10.1. The zero-order valence-corrected chi connectivity index (χ0v) is 13.6. The number of nitrogens with zero attached hydrogens (tertiary/aromatic N) is 3. The van der Waals surface area contributed by atoms with Gasteiger partial charge in [-0.1, -0.05) is 37.8 Å². The lowest BCUT2D eigenvalue weighted by molar-refractivity contribution is 0.415. The lowest BCUT2D eigenvalue weighted by Gasteiger charge is -2.09. The minimum absolute atomic E-state index is 0.400. The highest BCUT2D eigenvalue weighted by Gasteiger charge is 2.13. The van der Waals surface area contributed by atoms with Crippen molar-refractivity contribution in [2.24, 2.45) is 5.73 Å². The smallest absolute Gasteiger partial charge is 0.118 e. The molecule has 1 heterocycles. The van der Waals surface area contributed by atoms with Crippen molar-refractivity contribution >= 4 is 0 Å². The van der Waals surface area contributed by atoms with Crippen molar-refractivity contribution in [2.75, 3.05) is 7.11 Å². The van der Waals surface area contributed by atoms with E-state index in [4.69, 9.17) is 10.5 Å². The molecule has 0 aliphatic carbocycles. The minimum Gasteiger partial charge on any atom is -0.497 e. The van der Waals surface area contributed by atoms with Crippen LogP contribution >= 0.6 is 0 Å². The number of ether oxygens (including phenoxy) is 1. The first-order valence-electron chi connectivity index (χ1n) is 8.07. The molecule has 1 aromatic carbocycles. The number of unbranched alkanes of at least 4 members (excludes halogenated alkanes) is 4. The number of rotatable bonds is 9. The molecule has 0 aliphatic rings. The first-order valence-corrected chi connectivity index (χ1v) is 8.07. The first-order chi connectivity index (χ1) is 10.8. The van der Waals surface area contributed by atoms with Gasteiger partial charge in [-0.05, 0) is 30.7 Å². The number of benzene rings is 1. The van der Waals surface area contributed by atoms with E-state index in [0.29, 0.717) is 6.54 Å². The van der Waals surface area contributed by atoms with E-state index in [1.54, 1.807) is 7.11 Å². The Labute approximate surface area is 132 Å². The maximum absolute atomic E-state index is 5.81. The molecule has 0 amide bonds. The highest BCUT2D eigenvalue weighted by atomic mass is 16.5. The van der Waals surface area contributed by atoms with Gasteiger partial charge in [-0.25, -0.2) is 4.68 Å². The van der Waals surface area contributed by atoms with Gasteiger partial charge in [0, 0.05) is 18.7 Å². The maximum atomic E-state index is 5.81. The van der Waals surface area contributed by atoms with Crippen LogP contribution in [0.3, 0.4) is 0 Å². The molecule has 0 unspecified atom stereocenters. The number of hydrogen-bond acceptors (Lipinski definition) is 4. The van der Waals surface area contributed by atoms with Crippen LogP contribution in [0.1, 0.15) is 44.7 Å². The average molecular weight is 302 g/mol. The second-order valence-electron chi connectivity index (χ2n) is 5.45. The summed E-state index contributed by atoms with van der Waals surface area (Å²) in [7, 11) is 1.67. The van der Waals surface area contributed by atoms with Crippen LogP contribution in [0.15, 0.2) is 24.3 Å². The summed E-state index contributed by atoms with van der Waals surface area (Å²) in [6.45, 7) is 3.52. The third kappa shape index (κ3) is 4.07. The van der Waals surface area contributed by atoms with E-state index < -0.39 is 0 Å². The van der Waals surface area contributed by atoms with Crippen LogP contribution in [0.2, 0.25) is 0 Å². The van der Waals surface area contributed by atoms with Crippen molar-refractivity contribution in [3.63, 3.8) is 0 Å². The zero-order chi connectivity index (χ0) is 15.8. The van der Waals surface area contributed by atoms with E-state index >= 15 is 0 Å². The molecule has 2 rings (SSSR count). The number of nitrogens with two attached hydrogens (primary N) is 1. The van der Waals surface area contributed by atoms with Gasteiger partial charge in [0.2, 0.25) is 0 Å². The van der Waals surface area contributed by atoms with Crippen LogP contribution in [-0.4, -0.2) is 22.1 Å². The summed E-state index contributed by atoms with van der Waals surface area (Å²) < 4.78 is 7.20. The molecule has 5 heteroatoms. The summed E-state index contributed by atoms with van der Waals surface area (Å²) in [4.78, 5) is 0. The van der Waals surface area contributed by atoms with Crippen molar-refractivity contribution in [3.8, 4) is 17.0 Å². The SMILES string of the molecule is CCCCCCCn1nnc(CN)c1-c1ccc(OC)cc1. The Kier molecular flexibility index (Phi) is 6.40. The molecule has 2 N–H and O–H groups in total. The van der Waals surface area contributed by atoms with Crippen LogP contribution in [0.25, 0.3) is 11.3 Å². The van der Waals surface area contributed by atoms with E-state index in [-0.39, 0.29) is 0 Å². The van der Waals surface area contributed by atoms with E-state index in [9.17, 15) is 0 Å². The van der Waals surface area contributed by atoms with Gasteiger partial charge in [0.1, 0.15) is 11.4 Å². The molecule has 0 fully saturated rings. The number of aryl methyl sites for hydroxylation is 1. The van der Waals surface area contributed by atoms with E-state index in [2.05, 4.69) is 17.2 Å². The molecule has 22 heavy (non-hydrogen) atoms. The number of aromatic nitrogens is 3. The summed E-state index contributed by atoms with van der Waals surface area (Å²) in [5.41, 5.74) is 8.77. The number of methoxy groups -OCH3 is 1. The lowest BCUT2D eigenvalue weighted by Crippen LogP contribution is -2.05. The Bertz CT molecular complexity index is 563. The third-order valence-electron chi connectivity index (χ3n) is 3.84. The molecule has 0 spiro atoms. The van der Waals surface area contributed by atoms with Crippen molar-refractivity contribution in [1.29, 1.82) is 0 Å². The fourth-order valence-corrected chi connectivity index (χ4v) is 2.57. The molecular weight excluding hydrogens is 276 g/mol. The van der Waals surface area contributed by atoms with Crippen LogP contribution in [0.4, 0.5) is 0 Å². The van der Waals surface area contributed by atoms with Gasteiger partial charge in [0.05, 0.1) is 12.8 Å². The quantitative estimate of drug-likeness (QED) is 0.721. The predicted molar refractivity (Wildman–Crippen MR) is 88.7 cm³/mol. The molecule has 120 valence electrons. The Balaban J connectivity index is 2.12. The average Bonchev–Trinajstić information content (AvgIpc) is 2.97. The van der Waals surface area contributed by atoms with Gasteiger partial charge in [-0.15, -0.1) is 5.10 Å². The van der Waals surface area contributed by atoms with Crippen LogP contribution < -0.4 is 10.5 Å². The third-order valence-corrected chi connectivity index (χ3v) is 3.84. The highest BCUT2D eigenvalue weighted by molar-refractivity contribution is 5.62. The largest absolute Gasteiger partial charge is 0.497 e. The molecule has 0 atom stereocenters. The fourth-order valence-electron chi connectivity index (χ4n) is 2.57. The number of hydrogen-bond donors (Lipinski definition) is 1. The Morgan fingerprint density at radius 1 is 1.09 bits per heavy atom. The molecule has 1 aromatic heterocycles. The predicted octanol–water partition coefficient (Wildman–Crippen LogP) is 3.38. The van der Waals surface area contributed by atoms with Crippen molar-refractivity contribution < 1.29 is 4.74 Å². The van der Waals surface area contributed by atoms with Gasteiger partial charge < -0.3 is 10.5 Å². The molecule has 0 saturated heterocycles. The van der Waals surface area contributed by atoms with Gasteiger partial charge >= 0.3 is 0 Å². The normalized spacial score (nSPS) is 10.9. The molecule has 5 nitrogen and oxygen atoms in total.